The highest BCUT2D eigenvalue weighted by Crippen LogP contribution is 2.48. The van der Waals surface area contributed by atoms with Gasteiger partial charge < -0.3 is 5.32 Å². The summed E-state index contributed by atoms with van der Waals surface area (Å²) in [6.45, 7) is 1.42. The SMILES string of the molecule is CC(=O)c1ccc(NC(=O)c2nc(C3CC3)c(C3CC3)cc2F)cn1. The predicted octanol–water partition coefficient (Wildman–Crippen LogP) is 3.83. The van der Waals surface area contributed by atoms with Crippen molar-refractivity contribution in [1.82, 2.24) is 9.97 Å². The Balaban J connectivity index is 1.59. The van der Waals surface area contributed by atoms with Crippen LogP contribution in [0.4, 0.5) is 10.1 Å². The van der Waals surface area contributed by atoms with Crippen LogP contribution in [0.3, 0.4) is 0 Å². The van der Waals surface area contributed by atoms with Crippen molar-refractivity contribution in [1.29, 1.82) is 0 Å². The molecule has 0 atom stereocenters. The van der Waals surface area contributed by atoms with Gasteiger partial charge in [0.2, 0.25) is 0 Å². The molecule has 2 aromatic heterocycles. The molecule has 6 heteroatoms. The van der Waals surface area contributed by atoms with Gasteiger partial charge in [-0.1, -0.05) is 0 Å². The zero-order valence-corrected chi connectivity index (χ0v) is 13.9. The monoisotopic (exact) mass is 339 g/mol. The molecule has 1 amide bonds. The molecule has 0 radical (unpaired) electrons. The second-order valence-corrected chi connectivity index (χ2v) is 6.78. The summed E-state index contributed by atoms with van der Waals surface area (Å²) in [6, 6.07) is 4.58. The Morgan fingerprint density at radius 3 is 2.44 bits per heavy atom. The average Bonchev–Trinajstić information content (AvgIpc) is 3.48. The van der Waals surface area contributed by atoms with Gasteiger partial charge in [0.05, 0.1) is 11.9 Å². The fraction of sp³-hybridized carbons (Fsp3) is 0.368. The van der Waals surface area contributed by atoms with Crippen molar-refractivity contribution in [2.45, 2.75) is 44.4 Å². The average molecular weight is 339 g/mol. The van der Waals surface area contributed by atoms with Crippen molar-refractivity contribution in [3.63, 3.8) is 0 Å². The quantitative estimate of drug-likeness (QED) is 0.841. The van der Waals surface area contributed by atoms with Crippen molar-refractivity contribution < 1.29 is 14.0 Å². The molecule has 1 N–H and O–H groups in total. The van der Waals surface area contributed by atoms with Crippen molar-refractivity contribution in [3.8, 4) is 0 Å². The minimum Gasteiger partial charge on any atom is -0.319 e. The molecule has 0 aliphatic heterocycles. The number of rotatable bonds is 5. The van der Waals surface area contributed by atoms with E-state index in [0.29, 0.717) is 23.2 Å². The van der Waals surface area contributed by atoms with Gasteiger partial charge in [-0.2, -0.15) is 0 Å². The second kappa shape index (κ2) is 6.02. The van der Waals surface area contributed by atoms with Crippen LogP contribution in [0.15, 0.2) is 24.4 Å². The summed E-state index contributed by atoms with van der Waals surface area (Å²) in [6.07, 6.45) is 5.62. The lowest BCUT2D eigenvalue weighted by atomic mass is 10.0. The van der Waals surface area contributed by atoms with Gasteiger partial charge in [-0.05, 0) is 55.4 Å². The van der Waals surface area contributed by atoms with E-state index in [1.807, 2.05) is 0 Å². The number of nitrogens with zero attached hydrogens (tertiary/aromatic N) is 2. The Kier molecular flexibility index (Phi) is 3.82. The third kappa shape index (κ3) is 3.29. The summed E-state index contributed by atoms with van der Waals surface area (Å²) in [4.78, 5) is 32.0. The van der Waals surface area contributed by atoms with E-state index >= 15 is 0 Å². The molecule has 5 nitrogen and oxygen atoms in total. The van der Waals surface area contributed by atoms with E-state index in [4.69, 9.17) is 0 Å². The number of nitrogens with one attached hydrogen (secondary N) is 1. The Morgan fingerprint density at radius 1 is 1.16 bits per heavy atom. The highest BCUT2D eigenvalue weighted by Gasteiger charge is 2.35. The molecule has 128 valence electrons. The Hall–Kier alpha value is -2.63. The first-order chi connectivity index (χ1) is 12.0. The highest BCUT2D eigenvalue weighted by molar-refractivity contribution is 6.03. The van der Waals surface area contributed by atoms with E-state index in [0.717, 1.165) is 36.9 Å². The van der Waals surface area contributed by atoms with Crippen LogP contribution in [-0.2, 0) is 0 Å². The molecule has 4 rings (SSSR count). The number of amides is 1. The van der Waals surface area contributed by atoms with Gasteiger partial charge >= 0.3 is 0 Å². The molecule has 2 aliphatic rings. The maximum absolute atomic E-state index is 14.4. The summed E-state index contributed by atoms with van der Waals surface area (Å²) in [5, 5.41) is 2.60. The van der Waals surface area contributed by atoms with Gasteiger partial charge in [0.1, 0.15) is 5.69 Å². The van der Waals surface area contributed by atoms with Crippen LogP contribution in [-0.4, -0.2) is 21.7 Å². The summed E-state index contributed by atoms with van der Waals surface area (Å²) >= 11 is 0. The fourth-order valence-electron chi connectivity index (χ4n) is 2.95. The van der Waals surface area contributed by atoms with Crippen molar-refractivity contribution in [2.24, 2.45) is 0 Å². The van der Waals surface area contributed by atoms with Crippen LogP contribution in [0.25, 0.3) is 0 Å². The molecule has 0 unspecified atom stereocenters. The molecule has 2 heterocycles. The summed E-state index contributed by atoms with van der Waals surface area (Å²) in [5.74, 6) is -0.580. The number of pyridine rings is 2. The topological polar surface area (TPSA) is 72.0 Å². The molecule has 25 heavy (non-hydrogen) atoms. The summed E-state index contributed by atoms with van der Waals surface area (Å²) < 4.78 is 14.4. The molecule has 2 aliphatic carbocycles. The highest BCUT2D eigenvalue weighted by atomic mass is 19.1. The van der Waals surface area contributed by atoms with Crippen molar-refractivity contribution >= 4 is 17.4 Å². The smallest absolute Gasteiger partial charge is 0.277 e. The van der Waals surface area contributed by atoms with Crippen LogP contribution in [0.1, 0.15) is 76.7 Å². The summed E-state index contributed by atoms with van der Waals surface area (Å²) in [5.41, 5.74) is 2.40. The van der Waals surface area contributed by atoms with Crippen LogP contribution < -0.4 is 5.32 Å². The first-order valence-electron chi connectivity index (χ1n) is 8.51. The number of Topliss-reactive ketones (excluding diaryl/α,β-unsaturated/α-hetero) is 1. The maximum Gasteiger partial charge on any atom is 0.277 e. The minimum atomic E-state index is -0.598. The molecule has 2 aromatic rings. The number of carbonyl (C=O) groups excluding carboxylic acids is 2. The normalized spacial score (nSPS) is 16.6. The molecule has 0 aromatic carbocycles. The standard InChI is InChI=1S/C19H18FN3O2/c1-10(24)16-7-6-13(9-21-16)22-19(25)18-15(20)8-14(11-2-3-11)17(23-18)12-4-5-12/h6-9,11-12H,2-5H2,1H3,(H,22,25). The van der Waals surface area contributed by atoms with E-state index in [1.165, 1.54) is 25.3 Å². The lowest BCUT2D eigenvalue weighted by molar-refractivity contribution is 0.100. The molecule has 0 bridgehead atoms. The fourth-order valence-corrected chi connectivity index (χ4v) is 2.95. The zero-order valence-electron chi connectivity index (χ0n) is 13.9. The molecule has 2 saturated carbocycles. The number of anilines is 1. The van der Waals surface area contributed by atoms with E-state index in [-0.39, 0.29) is 11.5 Å². The van der Waals surface area contributed by atoms with Gasteiger partial charge in [0, 0.05) is 18.5 Å². The Morgan fingerprint density at radius 2 is 1.88 bits per heavy atom. The van der Waals surface area contributed by atoms with Crippen LogP contribution in [0, 0.1) is 5.82 Å². The van der Waals surface area contributed by atoms with Crippen molar-refractivity contribution in [2.75, 3.05) is 5.32 Å². The lowest BCUT2D eigenvalue weighted by Gasteiger charge is -2.11. The third-order valence-electron chi connectivity index (χ3n) is 4.61. The largest absolute Gasteiger partial charge is 0.319 e. The van der Waals surface area contributed by atoms with Gasteiger partial charge in [-0.25, -0.2) is 9.37 Å². The molecular weight excluding hydrogens is 321 g/mol. The van der Waals surface area contributed by atoms with E-state index in [9.17, 15) is 14.0 Å². The van der Waals surface area contributed by atoms with E-state index < -0.39 is 11.7 Å². The number of carbonyl (C=O) groups is 2. The van der Waals surface area contributed by atoms with E-state index in [2.05, 4.69) is 15.3 Å². The third-order valence-corrected chi connectivity index (χ3v) is 4.61. The van der Waals surface area contributed by atoms with Crippen LogP contribution in [0.5, 0.6) is 0 Å². The second-order valence-electron chi connectivity index (χ2n) is 6.78. The number of hydrogen-bond acceptors (Lipinski definition) is 4. The van der Waals surface area contributed by atoms with Crippen LogP contribution >= 0.6 is 0 Å². The number of hydrogen-bond donors (Lipinski definition) is 1. The zero-order chi connectivity index (χ0) is 17.6. The van der Waals surface area contributed by atoms with Gasteiger partial charge in [0.25, 0.3) is 5.91 Å². The first kappa shape index (κ1) is 15.9. The van der Waals surface area contributed by atoms with Crippen molar-refractivity contribution in [3.05, 3.63) is 52.9 Å². The number of halogens is 1. The van der Waals surface area contributed by atoms with Gasteiger partial charge in [0.15, 0.2) is 17.3 Å². The molecule has 2 fully saturated rings. The van der Waals surface area contributed by atoms with Gasteiger partial charge in [-0.3, -0.25) is 14.6 Å². The maximum atomic E-state index is 14.4. The molecular formula is C19H18FN3O2. The minimum absolute atomic E-state index is 0.157. The Bertz CT molecular complexity index is 856. The van der Waals surface area contributed by atoms with Crippen LogP contribution in [0.2, 0.25) is 0 Å². The summed E-state index contributed by atoms with van der Waals surface area (Å²) in [7, 11) is 0. The predicted molar refractivity (Wildman–Crippen MR) is 90.3 cm³/mol. The molecule has 0 spiro atoms. The van der Waals surface area contributed by atoms with E-state index in [1.54, 1.807) is 6.07 Å². The number of ketones is 1. The number of aromatic nitrogens is 2. The first-order valence-corrected chi connectivity index (χ1v) is 8.51. The molecule has 0 saturated heterocycles. The Labute approximate surface area is 144 Å². The lowest BCUT2D eigenvalue weighted by Crippen LogP contribution is -2.18. The van der Waals surface area contributed by atoms with Gasteiger partial charge in [-0.15, -0.1) is 0 Å².